The van der Waals surface area contributed by atoms with Crippen LogP contribution in [-0.2, 0) is 19.2 Å². The molecule has 1 aliphatic carbocycles. The maximum absolute atomic E-state index is 13.6. The summed E-state index contributed by atoms with van der Waals surface area (Å²) in [5.74, 6) is 0.169. The Balaban J connectivity index is 2.97. The Kier molecular flexibility index (Phi) is 11.7. The van der Waals surface area contributed by atoms with Gasteiger partial charge in [-0.15, -0.1) is 0 Å². The van der Waals surface area contributed by atoms with Crippen molar-refractivity contribution in [3.05, 3.63) is 22.3 Å². The Bertz CT molecular complexity index is 943. The second-order valence-electron chi connectivity index (χ2n) is 13.5. The Labute approximate surface area is 225 Å². The SMILES string of the molecule is CC1=C(C(C)(C)CC(=O)CCCNC(C)(C)C)C(=O)C(C)=C(C(C)(C)CC(=O)NCCCC(C)C)C1=O. The predicted molar refractivity (Wildman–Crippen MR) is 151 cm³/mol. The van der Waals surface area contributed by atoms with E-state index in [2.05, 4.69) is 45.3 Å². The molecule has 0 atom stereocenters. The van der Waals surface area contributed by atoms with Crippen LogP contribution in [0.15, 0.2) is 22.3 Å². The summed E-state index contributed by atoms with van der Waals surface area (Å²) in [4.78, 5) is 52.6. The Morgan fingerprint density at radius 3 is 1.70 bits per heavy atom. The molecule has 0 aromatic carbocycles. The lowest BCUT2D eigenvalue weighted by molar-refractivity contribution is -0.124. The zero-order valence-electron chi connectivity index (χ0n) is 25.4. The van der Waals surface area contributed by atoms with Gasteiger partial charge in [-0.2, -0.15) is 0 Å². The van der Waals surface area contributed by atoms with Crippen LogP contribution in [0.1, 0.15) is 115 Å². The molecule has 37 heavy (non-hydrogen) atoms. The lowest BCUT2D eigenvalue weighted by Gasteiger charge is -2.36. The molecule has 0 heterocycles. The quantitative estimate of drug-likeness (QED) is 0.222. The van der Waals surface area contributed by atoms with Gasteiger partial charge >= 0.3 is 0 Å². The van der Waals surface area contributed by atoms with Crippen LogP contribution in [-0.4, -0.2) is 41.9 Å². The van der Waals surface area contributed by atoms with Crippen molar-refractivity contribution < 1.29 is 19.2 Å². The molecule has 210 valence electrons. The summed E-state index contributed by atoms with van der Waals surface area (Å²) >= 11 is 0. The summed E-state index contributed by atoms with van der Waals surface area (Å²) in [6, 6.07) is 0. The summed E-state index contributed by atoms with van der Waals surface area (Å²) in [6.45, 7) is 22.7. The molecule has 1 amide bonds. The van der Waals surface area contributed by atoms with Crippen molar-refractivity contribution in [2.45, 2.75) is 120 Å². The third kappa shape index (κ3) is 9.96. The van der Waals surface area contributed by atoms with Crippen LogP contribution in [0.2, 0.25) is 0 Å². The molecule has 0 aromatic heterocycles. The normalized spacial score (nSPS) is 15.7. The van der Waals surface area contributed by atoms with Crippen molar-refractivity contribution in [3.8, 4) is 0 Å². The molecule has 0 bridgehead atoms. The number of carbonyl (C=O) groups is 4. The number of hydrogen-bond acceptors (Lipinski definition) is 5. The zero-order valence-corrected chi connectivity index (χ0v) is 25.4. The fourth-order valence-electron chi connectivity index (χ4n) is 5.28. The molecule has 0 fully saturated rings. The molecule has 0 saturated carbocycles. The second-order valence-corrected chi connectivity index (χ2v) is 13.5. The van der Waals surface area contributed by atoms with Gasteiger partial charge in [-0.1, -0.05) is 41.5 Å². The molecule has 6 nitrogen and oxygen atoms in total. The monoisotopic (exact) mass is 516 g/mol. The minimum absolute atomic E-state index is 0.00288. The van der Waals surface area contributed by atoms with Crippen LogP contribution in [0.25, 0.3) is 0 Å². The summed E-state index contributed by atoms with van der Waals surface area (Å²) in [6.07, 6.45) is 3.45. The molecular formula is C31H52N2O4. The first-order chi connectivity index (χ1) is 16.8. The van der Waals surface area contributed by atoms with Crippen LogP contribution < -0.4 is 10.6 Å². The van der Waals surface area contributed by atoms with Gasteiger partial charge in [-0.3, -0.25) is 19.2 Å². The predicted octanol–water partition coefficient (Wildman–Crippen LogP) is 5.89. The van der Waals surface area contributed by atoms with Crippen molar-refractivity contribution in [3.63, 3.8) is 0 Å². The minimum Gasteiger partial charge on any atom is -0.356 e. The smallest absolute Gasteiger partial charge is 0.220 e. The zero-order chi connectivity index (χ0) is 28.8. The highest BCUT2D eigenvalue weighted by atomic mass is 16.2. The van der Waals surface area contributed by atoms with Gasteiger partial charge < -0.3 is 10.6 Å². The summed E-state index contributed by atoms with van der Waals surface area (Å²) in [7, 11) is 0. The van der Waals surface area contributed by atoms with Gasteiger partial charge in [-0.25, -0.2) is 0 Å². The summed E-state index contributed by atoms with van der Waals surface area (Å²) < 4.78 is 0. The van der Waals surface area contributed by atoms with E-state index in [9.17, 15) is 19.2 Å². The van der Waals surface area contributed by atoms with Crippen molar-refractivity contribution in [2.75, 3.05) is 13.1 Å². The third-order valence-corrected chi connectivity index (χ3v) is 7.05. The number of Topliss-reactive ketones (excluding diaryl/α,β-unsaturated/α-hetero) is 3. The summed E-state index contributed by atoms with van der Waals surface area (Å²) in [5.41, 5.74) is 0.0757. The maximum Gasteiger partial charge on any atom is 0.220 e. The van der Waals surface area contributed by atoms with Gasteiger partial charge in [0.25, 0.3) is 0 Å². The lowest BCUT2D eigenvalue weighted by Crippen LogP contribution is -2.38. The maximum atomic E-state index is 13.6. The van der Waals surface area contributed by atoms with E-state index in [1.165, 1.54) is 0 Å². The number of amides is 1. The molecule has 0 radical (unpaired) electrons. The van der Waals surface area contributed by atoms with E-state index in [-0.39, 0.29) is 41.6 Å². The lowest BCUT2D eigenvalue weighted by atomic mass is 9.65. The van der Waals surface area contributed by atoms with E-state index in [1.807, 2.05) is 27.7 Å². The number of nitrogens with one attached hydrogen (secondary N) is 2. The van der Waals surface area contributed by atoms with Crippen LogP contribution in [0.5, 0.6) is 0 Å². The Morgan fingerprint density at radius 2 is 1.24 bits per heavy atom. The summed E-state index contributed by atoms with van der Waals surface area (Å²) in [5, 5.41) is 6.34. The van der Waals surface area contributed by atoms with Gasteiger partial charge in [0, 0.05) is 64.5 Å². The highest BCUT2D eigenvalue weighted by Crippen LogP contribution is 2.44. The van der Waals surface area contributed by atoms with Crippen molar-refractivity contribution in [1.29, 1.82) is 0 Å². The minimum atomic E-state index is -0.786. The number of carbonyl (C=O) groups excluding carboxylic acids is 4. The first-order valence-electron chi connectivity index (χ1n) is 13.9. The van der Waals surface area contributed by atoms with E-state index in [1.54, 1.807) is 13.8 Å². The largest absolute Gasteiger partial charge is 0.356 e. The van der Waals surface area contributed by atoms with Gasteiger partial charge in [-0.05, 0) is 66.3 Å². The molecule has 2 N–H and O–H groups in total. The van der Waals surface area contributed by atoms with Gasteiger partial charge in [0.1, 0.15) is 5.78 Å². The molecule has 0 saturated heterocycles. The van der Waals surface area contributed by atoms with Gasteiger partial charge in [0.2, 0.25) is 5.91 Å². The molecule has 1 aliphatic rings. The first-order valence-corrected chi connectivity index (χ1v) is 13.9. The number of rotatable bonds is 14. The standard InChI is InChI=1S/C31H52N2O4/c1-20(2)14-12-16-32-24(35)19-31(10,11)26-22(4)27(36)25(21(3)28(26)37)30(8,9)18-23(34)15-13-17-33-29(5,6)7/h20,33H,12-19H2,1-11H3,(H,32,35). The van der Waals surface area contributed by atoms with Crippen molar-refractivity contribution >= 4 is 23.3 Å². The Hall–Kier alpha value is -2.08. The highest BCUT2D eigenvalue weighted by Gasteiger charge is 2.43. The third-order valence-electron chi connectivity index (χ3n) is 7.05. The fourth-order valence-corrected chi connectivity index (χ4v) is 5.28. The number of hydrogen-bond donors (Lipinski definition) is 2. The average Bonchev–Trinajstić information content (AvgIpc) is 2.71. The Morgan fingerprint density at radius 1 is 0.757 bits per heavy atom. The first kappa shape index (κ1) is 32.9. The number of allylic oxidation sites excluding steroid dienone is 4. The number of ketones is 3. The van der Waals surface area contributed by atoms with Crippen molar-refractivity contribution in [1.82, 2.24) is 10.6 Å². The highest BCUT2D eigenvalue weighted by molar-refractivity contribution is 6.26. The molecule has 1 rings (SSSR count). The molecule has 0 aromatic rings. The second kappa shape index (κ2) is 13.1. The molecule has 0 aliphatic heterocycles. The van der Waals surface area contributed by atoms with E-state index in [0.29, 0.717) is 41.2 Å². The molecule has 0 unspecified atom stereocenters. The molecular weight excluding hydrogens is 464 g/mol. The van der Waals surface area contributed by atoms with Gasteiger partial charge in [0.15, 0.2) is 11.6 Å². The fraction of sp³-hybridized carbons (Fsp3) is 0.742. The van der Waals surface area contributed by atoms with Crippen LogP contribution in [0.4, 0.5) is 0 Å². The molecule has 6 heteroatoms. The van der Waals surface area contributed by atoms with Crippen LogP contribution in [0, 0.1) is 16.7 Å². The van der Waals surface area contributed by atoms with E-state index >= 15 is 0 Å². The van der Waals surface area contributed by atoms with Crippen LogP contribution >= 0.6 is 0 Å². The average molecular weight is 517 g/mol. The van der Waals surface area contributed by atoms with Crippen LogP contribution in [0.3, 0.4) is 0 Å². The molecule has 0 spiro atoms. The van der Waals surface area contributed by atoms with Crippen molar-refractivity contribution in [2.24, 2.45) is 16.7 Å². The van der Waals surface area contributed by atoms with E-state index < -0.39 is 10.8 Å². The topological polar surface area (TPSA) is 92.3 Å². The van der Waals surface area contributed by atoms with Gasteiger partial charge in [0.05, 0.1) is 0 Å². The van der Waals surface area contributed by atoms with E-state index in [0.717, 1.165) is 25.8 Å². The van der Waals surface area contributed by atoms with E-state index in [4.69, 9.17) is 0 Å².